The molecule has 0 amide bonds. The van der Waals surface area contributed by atoms with Crippen LogP contribution in [0.3, 0.4) is 0 Å². The lowest BCUT2D eigenvalue weighted by Crippen LogP contribution is -2.23. The molecule has 0 aliphatic heterocycles. The highest BCUT2D eigenvalue weighted by Crippen LogP contribution is 2.23. The van der Waals surface area contributed by atoms with Crippen molar-refractivity contribution < 1.29 is 8.94 Å². The van der Waals surface area contributed by atoms with E-state index >= 15 is 0 Å². The van der Waals surface area contributed by atoms with Crippen LogP contribution in [0.1, 0.15) is 18.1 Å². The van der Waals surface area contributed by atoms with Crippen molar-refractivity contribution in [3.8, 4) is 10.7 Å². The number of thioether (sulfide) groups is 1. The third-order valence-corrected chi connectivity index (χ3v) is 6.62. The fourth-order valence-corrected chi connectivity index (χ4v) is 4.79. The third-order valence-electron chi connectivity index (χ3n) is 4.70. The number of thiophene rings is 1. The topological polar surface area (TPSA) is 87.0 Å². The molecule has 0 saturated carbocycles. The zero-order valence-electron chi connectivity index (χ0n) is 16.4. The van der Waals surface area contributed by atoms with Crippen LogP contribution in [-0.2, 0) is 13.0 Å². The molecule has 0 spiro atoms. The van der Waals surface area contributed by atoms with Gasteiger partial charge in [-0.3, -0.25) is 9.36 Å². The molecular weight excluding hydrogens is 432 g/mol. The Kier molecular flexibility index (Phi) is 5.68. The van der Waals surface area contributed by atoms with E-state index in [1.165, 1.54) is 0 Å². The van der Waals surface area contributed by atoms with Gasteiger partial charge in [0.25, 0.3) is 5.56 Å². The first kappa shape index (κ1) is 19.8. The van der Waals surface area contributed by atoms with Gasteiger partial charge in [-0.25, -0.2) is 4.98 Å². The Hall–Kier alpha value is -3.17. The molecule has 0 unspecified atom stereocenters. The Morgan fingerprint density at radius 2 is 2.00 bits per heavy atom. The Bertz CT molecular complexity index is 1340. The van der Waals surface area contributed by atoms with Crippen LogP contribution in [0, 0.1) is 0 Å². The third kappa shape index (κ3) is 4.33. The molecule has 0 radical (unpaired) electrons. The van der Waals surface area contributed by atoms with Gasteiger partial charge in [0, 0.05) is 12.2 Å². The number of rotatable bonds is 8. The SMILES string of the molecule is O=c1c2ccccc2nc(SCCCc2nc(-c3cccs3)no2)n1Cc1ccco1. The van der Waals surface area contributed by atoms with E-state index in [0.29, 0.717) is 46.5 Å². The minimum Gasteiger partial charge on any atom is -0.467 e. The Morgan fingerprint density at radius 3 is 2.84 bits per heavy atom. The lowest BCUT2D eigenvalue weighted by atomic mass is 10.2. The summed E-state index contributed by atoms with van der Waals surface area (Å²) in [5.74, 6) is 2.72. The van der Waals surface area contributed by atoms with Gasteiger partial charge in [0.15, 0.2) is 5.16 Å². The van der Waals surface area contributed by atoms with Gasteiger partial charge >= 0.3 is 0 Å². The van der Waals surface area contributed by atoms with Crippen molar-refractivity contribution in [1.82, 2.24) is 19.7 Å². The zero-order valence-corrected chi connectivity index (χ0v) is 18.1. The van der Waals surface area contributed by atoms with E-state index < -0.39 is 0 Å². The Labute approximate surface area is 185 Å². The summed E-state index contributed by atoms with van der Waals surface area (Å²) in [6.07, 6.45) is 3.10. The summed E-state index contributed by atoms with van der Waals surface area (Å²) in [7, 11) is 0. The number of hydrogen-bond acceptors (Lipinski definition) is 8. The molecule has 4 aromatic heterocycles. The van der Waals surface area contributed by atoms with Crippen LogP contribution in [0.5, 0.6) is 0 Å². The number of fused-ring (bicyclic) bond motifs is 1. The molecule has 0 fully saturated rings. The molecule has 0 aliphatic carbocycles. The number of nitrogens with zero attached hydrogens (tertiary/aromatic N) is 4. The largest absolute Gasteiger partial charge is 0.467 e. The number of para-hydroxylation sites is 1. The first-order valence-electron chi connectivity index (χ1n) is 9.79. The van der Waals surface area contributed by atoms with Gasteiger partial charge in [-0.2, -0.15) is 4.98 Å². The van der Waals surface area contributed by atoms with Crippen LogP contribution < -0.4 is 5.56 Å². The lowest BCUT2D eigenvalue weighted by molar-refractivity contribution is 0.378. The second-order valence-electron chi connectivity index (χ2n) is 6.82. The van der Waals surface area contributed by atoms with Crippen molar-refractivity contribution >= 4 is 34.0 Å². The summed E-state index contributed by atoms with van der Waals surface area (Å²) in [6.45, 7) is 0.347. The highest BCUT2D eigenvalue weighted by molar-refractivity contribution is 7.99. The first-order chi connectivity index (χ1) is 15.3. The summed E-state index contributed by atoms with van der Waals surface area (Å²) in [4.78, 5) is 23.3. The molecule has 7 nitrogen and oxygen atoms in total. The molecule has 9 heteroatoms. The minimum atomic E-state index is -0.0676. The van der Waals surface area contributed by atoms with Crippen molar-refractivity contribution in [1.29, 1.82) is 0 Å². The monoisotopic (exact) mass is 450 g/mol. The van der Waals surface area contributed by atoms with Gasteiger partial charge in [0.05, 0.1) is 28.6 Å². The van der Waals surface area contributed by atoms with Crippen molar-refractivity contribution in [3.63, 3.8) is 0 Å². The summed E-state index contributed by atoms with van der Waals surface area (Å²) in [5.41, 5.74) is 0.630. The molecular formula is C22H18N4O3S2. The van der Waals surface area contributed by atoms with Gasteiger partial charge in [-0.1, -0.05) is 35.1 Å². The second kappa shape index (κ2) is 8.91. The zero-order chi connectivity index (χ0) is 21.0. The van der Waals surface area contributed by atoms with Crippen LogP contribution in [0.2, 0.25) is 0 Å². The lowest BCUT2D eigenvalue weighted by Gasteiger charge is -2.11. The smallest absolute Gasteiger partial charge is 0.262 e. The van der Waals surface area contributed by atoms with Crippen LogP contribution in [0.4, 0.5) is 0 Å². The van der Waals surface area contributed by atoms with Crippen molar-refractivity contribution in [2.24, 2.45) is 0 Å². The van der Waals surface area contributed by atoms with Gasteiger partial charge in [-0.05, 0) is 42.1 Å². The predicted molar refractivity (Wildman–Crippen MR) is 120 cm³/mol. The van der Waals surface area contributed by atoms with Crippen LogP contribution in [-0.4, -0.2) is 25.4 Å². The number of furan rings is 1. The summed E-state index contributed by atoms with van der Waals surface area (Å²) >= 11 is 3.13. The molecule has 0 N–H and O–H groups in total. The molecule has 0 saturated heterocycles. The number of aromatic nitrogens is 4. The predicted octanol–water partition coefficient (Wildman–Crippen LogP) is 4.87. The molecule has 1 aromatic carbocycles. The van der Waals surface area contributed by atoms with Crippen LogP contribution in [0.25, 0.3) is 21.6 Å². The molecule has 0 aliphatic rings. The number of hydrogen-bond donors (Lipinski definition) is 0. The van der Waals surface area contributed by atoms with E-state index in [2.05, 4.69) is 10.1 Å². The molecule has 31 heavy (non-hydrogen) atoms. The average molecular weight is 451 g/mol. The minimum absolute atomic E-state index is 0.0676. The number of benzene rings is 1. The Morgan fingerprint density at radius 1 is 1.06 bits per heavy atom. The van der Waals surface area contributed by atoms with Crippen molar-refractivity contribution in [3.05, 3.63) is 82.2 Å². The molecule has 156 valence electrons. The maximum absolute atomic E-state index is 13.1. The van der Waals surface area contributed by atoms with Gasteiger partial charge < -0.3 is 8.94 Å². The highest BCUT2D eigenvalue weighted by atomic mass is 32.2. The standard InChI is InChI=1S/C22H18N4O3S2/c27-21-16-7-1-2-8-17(16)23-22(26(21)14-15-6-3-11-28-15)31-13-5-10-19-24-20(25-29-19)18-9-4-12-30-18/h1-4,6-9,11-12H,5,10,13-14H2. The summed E-state index contributed by atoms with van der Waals surface area (Å²) < 4.78 is 12.5. The number of aryl methyl sites for hydroxylation is 1. The van der Waals surface area contributed by atoms with E-state index in [9.17, 15) is 4.79 Å². The average Bonchev–Trinajstić information content (AvgIpc) is 3.56. The fourth-order valence-electron chi connectivity index (χ4n) is 3.20. The fraction of sp³-hybridized carbons (Fsp3) is 0.182. The van der Waals surface area contributed by atoms with Gasteiger partial charge in [0.2, 0.25) is 11.7 Å². The molecule has 0 bridgehead atoms. The molecule has 5 rings (SSSR count). The molecule has 0 atom stereocenters. The normalized spacial score (nSPS) is 11.4. The summed E-state index contributed by atoms with van der Waals surface area (Å²) in [6, 6.07) is 15.0. The van der Waals surface area contributed by atoms with Gasteiger partial charge in [0.1, 0.15) is 5.76 Å². The summed E-state index contributed by atoms with van der Waals surface area (Å²) in [5, 5.41) is 7.31. The van der Waals surface area contributed by atoms with Crippen molar-refractivity contribution in [2.75, 3.05) is 5.75 Å². The molecule has 5 aromatic rings. The maximum atomic E-state index is 13.1. The van der Waals surface area contributed by atoms with E-state index in [1.807, 2.05) is 47.8 Å². The van der Waals surface area contributed by atoms with E-state index in [4.69, 9.17) is 13.9 Å². The van der Waals surface area contributed by atoms with Gasteiger partial charge in [-0.15, -0.1) is 11.3 Å². The Balaban J connectivity index is 1.31. The van der Waals surface area contributed by atoms with Crippen LogP contribution in [0.15, 0.2) is 79.1 Å². The highest BCUT2D eigenvalue weighted by Gasteiger charge is 2.14. The van der Waals surface area contributed by atoms with E-state index in [0.717, 1.165) is 17.1 Å². The first-order valence-corrected chi connectivity index (χ1v) is 11.7. The van der Waals surface area contributed by atoms with E-state index in [-0.39, 0.29) is 5.56 Å². The second-order valence-corrected chi connectivity index (χ2v) is 8.83. The van der Waals surface area contributed by atoms with E-state index in [1.54, 1.807) is 40.0 Å². The van der Waals surface area contributed by atoms with Crippen molar-refractivity contribution in [2.45, 2.75) is 24.5 Å². The quantitative estimate of drug-likeness (QED) is 0.189. The van der Waals surface area contributed by atoms with Crippen LogP contribution >= 0.6 is 23.1 Å². The molecule has 4 heterocycles. The maximum Gasteiger partial charge on any atom is 0.262 e.